The number of anilines is 3. The van der Waals surface area contributed by atoms with E-state index in [1.54, 1.807) is 42.6 Å². The molecule has 2 spiro atoms. The molecule has 1 aromatic carbocycles. The minimum absolute atomic E-state index is 0.224. The van der Waals surface area contributed by atoms with E-state index in [1.807, 2.05) is 0 Å². The number of nitrogens with two attached hydrogens (primary N) is 1. The molecule has 2 saturated carbocycles. The van der Waals surface area contributed by atoms with E-state index < -0.39 is 22.9 Å². The Bertz CT molecular complexity index is 1780. The highest BCUT2D eigenvalue weighted by atomic mass is 35.5. The van der Waals surface area contributed by atoms with Crippen molar-refractivity contribution in [3.8, 4) is 5.88 Å². The first kappa shape index (κ1) is 27.0. The lowest BCUT2D eigenvalue weighted by molar-refractivity contribution is 0.102. The van der Waals surface area contributed by atoms with Crippen molar-refractivity contribution in [1.82, 2.24) is 19.4 Å². The van der Waals surface area contributed by atoms with E-state index in [2.05, 4.69) is 25.2 Å². The number of piperidine rings is 1. The monoisotopic (exact) mass is 603 g/mol. The summed E-state index contributed by atoms with van der Waals surface area (Å²) in [6, 6.07) is 9.96. The summed E-state index contributed by atoms with van der Waals surface area (Å²) in [6.45, 7) is 1.95. The number of pyridine rings is 1. The van der Waals surface area contributed by atoms with Crippen LogP contribution in [0, 0.1) is 10.8 Å². The molecule has 4 heterocycles. The third kappa shape index (κ3) is 4.46. The zero-order chi connectivity index (χ0) is 29.1. The molecule has 216 valence electrons. The van der Waals surface area contributed by atoms with Crippen LogP contribution in [-0.4, -0.2) is 43.5 Å². The standard InChI is InChI=1S/C30H30ClN7O3S/c31-23-18(34-25(39)22-26(40)36-20-7-1-2-14-38(20)28(22)41)5-3-6-19(23)42-27-24(32)35-21(17-33-27)37-15-12-30(13-16-37)9-4-8-29(30)10-11-29/h1-3,5-7,14,17,40H,4,8-13,15-16H2,(H2,32,35)(H,34,39). The first-order chi connectivity index (χ1) is 20.3. The minimum atomic E-state index is -0.829. The van der Waals surface area contributed by atoms with E-state index in [0.29, 0.717) is 26.6 Å². The second kappa shape index (κ2) is 10.2. The zero-order valence-electron chi connectivity index (χ0n) is 22.8. The van der Waals surface area contributed by atoms with Gasteiger partial charge in [0.15, 0.2) is 11.4 Å². The van der Waals surface area contributed by atoms with Crippen LogP contribution in [0.4, 0.5) is 17.3 Å². The highest BCUT2D eigenvalue weighted by Crippen LogP contribution is 2.71. The lowest BCUT2D eigenvalue weighted by Crippen LogP contribution is -2.43. The fraction of sp³-hybridized carbons (Fsp3) is 0.367. The summed E-state index contributed by atoms with van der Waals surface area (Å²) in [5.74, 6) is -0.392. The van der Waals surface area contributed by atoms with Gasteiger partial charge in [-0.2, -0.15) is 4.98 Å². The maximum Gasteiger partial charge on any atom is 0.274 e. The molecule has 12 heteroatoms. The number of nitrogens with one attached hydrogen (secondary N) is 1. The predicted molar refractivity (Wildman–Crippen MR) is 162 cm³/mol. The van der Waals surface area contributed by atoms with Gasteiger partial charge in [-0.1, -0.05) is 41.9 Å². The molecular weight excluding hydrogens is 574 g/mol. The smallest absolute Gasteiger partial charge is 0.274 e. The Kier molecular flexibility index (Phi) is 6.54. The molecule has 4 N–H and O–H groups in total. The summed E-state index contributed by atoms with van der Waals surface area (Å²) in [5, 5.41) is 13.7. The maximum absolute atomic E-state index is 13.0. The first-order valence-corrected chi connectivity index (χ1v) is 15.3. The SMILES string of the molecule is Nc1nc(N2CCC3(CCCC34CC4)CC2)cnc1Sc1cccc(NC(=O)c2c(O)nc3ccccn3c2=O)c1Cl. The molecule has 42 heavy (non-hydrogen) atoms. The number of nitrogens with zero attached hydrogens (tertiary/aromatic N) is 5. The average molecular weight is 604 g/mol. The van der Waals surface area contributed by atoms with E-state index in [1.165, 1.54) is 67.3 Å². The molecular formula is C30H30ClN7O3S. The molecule has 7 rings (SSSR count). The van der Waals surface area contributed by atoms with Crippen molar-refractivity contribution in [2.75, 3.05) is 29.0 Å². The summed E-state index contributed by atoms with van der Waals surface area (Å²) in [4.78, 5) is 42.1. The lowest BCUT2D eigenvalue weighted by Gasteiger charge is -2.44. The van der Waals surface area contributed by atoms with Crippen molar-refractivity contribution in [2.45, 2.75) is 54.9 Å². The molecule has 4 aromatic rings. The number of nitrogen functional groups attached to an aromatic ring is 1. The summed E-state index contributed by atoms with van der Waals surface area (Å²) >= 11 is 7.90. The molecule has 10 nitrogen and oxygen atoms in total. The van der Waals surface area contributed by atoms with Gasteiger partial charge in [-0.25, -0.2) is 9.97 Å². The molecule has 0 unspecified atom stereocenters. The van der Waals surface area contributed by atoms with Crippen molar-refractivity contribution in [1.29, 1.82) is 0 Å². The lowest BCUT2D eigenvalue weighted by atomic mass is 9.68. The van der Waals surface area contributed by atoms with Crippen molar-refractivity contribution in [2.24, 2.45) is 10.8 Å². The quantitative estimate of drug-likeness (QED) is 0.274. The number of halogens is 1. The molecule has 0 bridgehead atoms. The van der Waals surface area contributed by atoms with Crippen LogP contribution in [0.2, 0.25) is 5.02 Å². The third-order valence-corrected chi connectivity index (χ3v) is 11.0. The number of amides is 1. The van der Waals surface area contributed by atoms with Gasteiger partial charge in [0, 0.05) is 24.2 Å². The molecule has 1 aliphatic heterocycles. The highest BCUT2D eigenvalue weighted by molar-refractivity contribution is 7.99. The third-order valence-electron chi connectivity index (χ3n) is 9.45. The van der Waals surface area contributed by atoms with Crippen LogP contribution in [0.3, 0.4) is 0 Å². The van der Waals surface area contributed by atoms with E-state index in [-0.39, 0.29) is 16.4 Å². The minimum Gasteiger partial charge on any atom is -0.493 e. The van der Waals surface area contributed by atoms with Crippen molar-refractivity contribution in [3.05, 3.63) is 69.7 Å². The molecule has 3 aromatic heterocycles. The van der Waals surface area contributed by atoms with E-state index >= 15 is 0 Å². The Morgan fingerprint density at radius 1 is 1.02 bits per heavy atom. The van der Waals surface area contributed by atoms with Crippen LogP contribution < -0.4 is 21.5 Å². The number of hydrogen-bond acceptors (Lipinski definition) is 9. The highest BCUT2D eigenvalue weighted by Gasteiger charge is 2.61. The summed E-state index contributed by atoms with van der Waals surface area (Å²) in [7, 11) is 0. The Morgan fingerprint density at radius 3 is 2.52 bits per heavy atom. The summed E-state index contributed by atoms with van der Waals surface area (Å²) in [5.41, 5.74) is 6.81. The Labute approximate surface area is 251 Å². The van der Waals surface area contributed by atoms with E-state index in [0.717, 1.165) is 18.9 Å². The molecule has 1 amide bonds. The molecule has 3 aliphatic rings. The van der Waals surface area contributed by atoms with E-state index in [9.17, 15) is 14.7 Å². The number of aromatic hydroxyl groups is 1. The van der Waals surface area contributed by atoms with Crippen molar-refractivity contribution < 1.29 is 9.90 Å². The number of carbonyl (C=O) groups is 1. The van der Waals surface area contributed by atoms with E-state index in [4.69, 9.17) is 17.3 Å². The van der Waals surface area contributed by atoms with Gasteiger partial charge in [-0.05, 0) is 73.6 Å². The molecule has 2 aliphatic carbocycles. The van der Waals surface area contributed by atoms with Crippen LogP contribution in [0.25, 0.3) is 5.65 Å². The summed E-state index contributed by atoms with van der Waals surface area (Å²) < 4.78 is 1.19. The van der Waals surface area contributed by atoms with Crippen LogP contribution >= 0.6 is 23.4 Å². The van der Waals surface area contributed by atoms with Gasteiger partial charge >= 0.3 is 0 Å². The topological polar surface area (TPSA) is 139 Å². The molecule has 1 saturated heterocycles. The second-order valence-corrected chi connectivity index (χ2v) is 12.9. The normalized spacial score (nSPS) is 18.5. The Hall–Kier alpha value is -3.83. The zero-order valence-corrected chi connectivity index (χ0v) is 24.4. The maximum atomic E-state index is 13.0. The fourth-order valence-electron chi connectivity index (χ4n) is 7.04. The van der Waals surface area contributed by atoms with Crippen LogP contribution in [0.1, 0.15) is 55.3 Å². The van der Waals surface area contributed by atoms with Gasteiger partial charge in [0.25, 0.3) is 11.5 Å². The molecule has 0 atom stereocenters. The van der Waals surface area contributed by atoms with Crippen molar-refractivity contribution >= 4 is 52.2 Å². The number of rotatable bonds is 5. The van der Waals surface area contributed by atoms with Crippen LogP contribution in [0.5, 0.6) is 5.88 Å². The number of aromatic nitrogens is 4. The van der Waals surface area contributed by atoms with Gasteiger partial charge < -0.3 is 21.1 Å². The Morgan fingerprint density at radius 2 is 1.79 bits per heavy atom. The summed E-state index contributed by atoms with van der Waals surface area (Å²) in [6.07, 6.45) is 12.6. The number of carbonyl (C=O) groups excluding carboxylic acids is 1. The number of fused-ring (bicyclic) bond motifs is 2. The van der Waals surface area contributed by atoms with Gasteiger partial charge in [-0.3, -0.25) is 14.0 Å². The number of hydrogen-bond donors (Lipinski definition) is 3. The average Bonchev–Trinajstić information content (AvgIpc) is 3.70. The second-order valence-electron chi connectivity index (χ2n) is 11.5. The van der Waals surface area contributed by atoms with Gasteiger partial charge in [-0.15, -0.1) is 0 Å². The van der Waals surface area contributed by atoms with Crippen molar-refractivity contribution in [3.63, 3.8) is 0 Å². The largest absolute Gasteiger partial charge is 0.493 e. The fourth-order valence-corrected chi connectivity index (χ4v) is 8.13. The van der Waals surface area contributed by atoms with Crippen LogP contribution in [0.15, 0.2) is 63.5 Å². The van der Waals surface area contributed by atoms with Crippen LogP contribution in [-0.2, 0) is 0 Å². The molecule has 0 radical (unpaired) electrons. The number of benzene rings is 1. The molecule has 3 fully saturated rings. The van der Waals surface area contributed by atoms with Gasteiger partial charge in [0.1, 0.15) is 16.5 Å². The van der Waals surface area contributed by atoms with Gasteiger partial charge in [0.2, 0.25) is 5.88 Å². The van der Waals surface area contributed by atoms with Gasteiger partial charge in [0.05, 0.1) is 16.9 Å². The Balaban J connectivity index is 1.06. The first-order valence-electron chi connectivity index (χ1n) is 14.1. The predicted octanol–water partition coefficient (Wildman–Crippen LogP) is 5.38.